The third-order valence-corrected chi connectivity index (χ3v) is 4.33. The van der Waals surface area contributed by atoms with Crippen LogP contribution in [-0.4, -0.2) is 42.0 Å². The van der Waals surface area contributed by atoms with Gasteiger partial charge in [0.1, 0.15) is 10.3 Å². The zero-order valence-electron chi connectivity index (χ0n) is 12.8. The van der Waals surface area contributed by atoms with Crippen LogP contribution in [0.2, 0.25) is 10.3 Å². The number of aryl methyl sites for hydroxylation is 1. The predicted molar refractivity (Wildman–Crippen MR) is 93.6 cm³/mol. The van der Waals surface area contributed by atoms with Gasteiger partial charge in [0.2, 0.25) is 0 Å². The summed E-state index contributed by atoms with van der Waals surface area (Å²) >= 11 is 11.8. The zero-order chi connectivity index (χ0) is 16.4. The Morgan fingerprint density at radius 2 is 1.70 bits per heavy atom. The maximum absolute atomic E-state index is 12.6. The minimum Gasteiger partial charge on any atom is -0.368 e. The van der Waals surface area contributed by atoms with Crippen molar-refractivity contribution >= 4 is 34.8 Å². The van der Waals surface area contributed by atoms with Crippen LogP contribution in [-0.2, 0) is 0 Å². The molecule has 0 atom stereocenters. The summed E-state index contributed by atoms with van der Waals surface area (Å²) in [6.45, 7) is 5.04. The predicted octanol–water partition coefficient (Wildman–Crippen LogP) is 3.66. The van der Waals surface area contributed by atoms with Crippen LogP contribution in [0.5, 0.6) is 0 Å². The number of hydrogen-bond donors (Lipinski definition) is 0. The Balaban J connectivity index is 1.67. The molecule has 1 aromatic heterocycles. The summed E-state index contributed by atoms with van der Waals surface area (Å²) in [6.07, 6.45) is 0. The topological polar surface area (TPSA) is 36.4 Å². The molecule has 1 saturated heterocycles. The van der Waals surface area contributed by atoms with Crippen LogP contribution < -0.4 is 4.90 Å². The average Bonchev–Trinajstić information content (AvgIpc) is 2.53. The smallest absolute Gasteiger partial charge is 0.254 e. The van der Waals surface area contributed by atoms with Gasteiger partial charge in [0, 0.05) is 37.4 Å². The largest absolute Gasteiger partial charge is 0.368 e. The molecule has 23 heavy (non-hydrogen) atoms. The average molecular weight is 350 g/mol. The second kappa shape index (κ2) is 6.77. The van der Waals surface area contributed by atoms with Gasteiger partial charge in [-0.1, -0.05) is 35.3 Å². The second-order valence-electron chi connectivity index (χ2n) is 5.62. The molecule has 2 aromatic rings. The van der Waals surface area contributed by atoms with Gasteiger partial charge < -0.3 is 9.80 Å². The number of amides is 1. The first-order valence-electron chi connectivity index (χ1n) is 7.47. The van der Waals surface area contributed by atoms with E-state index in [9.17, 15) is 4.79 Å². The summed E-state index contributed by atoms with van der Waals surface area (Å²) in [5.41, 5.74) is 2.92. The number of carbonyl (C=O) groups is 1. The highest BCUT2D eigenvalue weighted by Gasteiger charge is 2.23. The van der Waals surface area contributed by atoms with Gasteiger partial charge in [0.25, 0.3) is 5.91 Å². The van der Waals surface area contributed by atoms with Crippen LogP contribution in [0.3, 0.4) is 0 Å². The third-order valence-electron chi connectivity index (χ3n) is 3.94. The van der Waals surface area contributed by atoms with Gasteiger partial charge in [0.15, 0.2) is 0 Å². The molecule has 1 aliphatic rings. The molecule has 1 fully saturated rings. The van der Waals surface area contributed by atoms with Crippen LogP contribution in [0.4, 0.5) is 5.69 Å². The first kappa shape index (κ1) is 16.1. The number of benzene rings is 1. The first-order chi connectivity index (χ1) is 11.0. The fraction of sp³-hybridized carbons (Fsp3) is 0.294. The monoisotopic (exact) mass is 349 g/mol. The highest BCUT2D eigenvalue weighted by Crippen LogP contribution is 2.20. The Bertz CT molecular complexity index is 707. The lowest BCUT2D eigenvalue weighted by atomic mass is 10.1. The Morgan fingerprint density at radius 1 is 1.04 bits per heavy atom. The molecule has 1 amide bonds. The number of anilines is 1. The Morgan fingerprint density at radius 3 is 2.30 bits per heavy atom. The van der Waals surface area contributed by atoms with Crippen molar-refractivity contribution in [3.63, 3.8) is 0 Å². The molecule has 1 aliphatic heterocycles. The van der Waals surface area contributed by atoms with Crippen molar-refractivity contribution in [3.05, 3.63) is 57.8 Å². The van der Waals surface area contributed by atoms with E-state index in [-0.39, 0.29) is 16.2 Å². The number of rotatable bonds is 2. The van der Waals surface area contributed by atoms with E-state index in [0.717, 1.165) is 13.1 Å². The molecule has 0 unspecified atom stereocenters. The molecular formula is C17H17Cl2N3O. The molecule has 0 saturated carbocycles. The van der Waals surface area contributed by atoms with Crippen molar-refractivity contribution in [2.24, 2.45) is 0 Å². The number of nitrogens with zero attached hydrogens (tertiary/aromatic N) is 3. The quantitative estimate of drug-likeness (QED) is 0.776. The molecule has 4 nitrogen and oxygen atoms in total. The molecule has 2 heterocycles. The summed E-state index contributed by atoms with van der Waals surface area (Å²) in [6, 6.07) is 11.5. The minimum atomic E-state index is -0.0555. The molecule has 6 heteroatoms. The van der Waals surface area contributed by atoms with Gasteiger partial charge in [-0.3, -0.25) is 4.79 Å². The van der Waals surface area contributed by atoms with Crippen molar-refractivity contribution in [3.8, 4) is 0 Å². The van der Waals surface area contributed by atoms with Gasteiger partial charge in [-0.15, -0.1) is 0 Å². The van der Waals surface area contributed by atoms with Crippen LogP contribution in [0.15, 0.2) is 36.4 Å². The summed E-state index contributed by atoms with van der Waals surface area (Å²) in [5, 5.41) is 0.471. The Labute approximate surface area is 145 Å². The van der Waals surface area contributed by atoms with Crippen molar-refractivity contribution in [1.82, 2.24) is 9.88 Å². The van der Waals surface area contributed by atoms with E-state index in [1.165, 1.54) is 11.3 Å². The number of aromatic nitrogens is 1. The summed E-state index contributed by atoms with van der Waals surface area (Å²) in [5.74, 6) is -0.0555. The molecule has 0 aliphatic carbocycles. The highest BCUT2D eigenvalue weighted by atomic mass is 35.5. The van der Waals surface area contributed by atoms with Crippen LogP contribution >= 0.6 is 23.2 Å². The van der Waals surface area contributed by atoms with Gasteiger partial charge >= 0.3 is 0 Å². The standard InChI is InChI=1S/C17H17Cl2N3O/c1-12-3-2-4-14(9-12)21-5-7-22(8-6-21)17(23)13-10-15(18)20-16(19)11-13/h2-4,9-11H,5-8H2,1H3. The van der Waals surface area contributed by atoms with E-state index in [0.29, 0.717) is 18.7 Å². The molecule has 1 aromatic carbocycles. The normalized spacial score (nSPS) is 14.9. The van der Waals surface area contributed by atoms with Crippen LogP contribution in [0, 0.1) is 6.92 Å². The van der Waals surface area contributed by atoms with Crippen molar-refractivity contribution in [1.29, 1.82) is 0 Å². The van der Waals surface area contributed by atoms with Crippen molar-refractivity contribution in [2.45, 2.75) is 6.92 Å². The molecule has 120 valence electrons. The van der Waals surface area contributed by atoms with Gasteiger partial charge in [0.05, 0.1) is 0 Å². The number of hydrogen-bond acceptors (Lipinski definition) is 3. The Kier molecular flexibility index (Phi) is 4.74. The summed E-state index contributed by atoms with van der Waals surface area (Å²) in [7, 11) is 0. The lowest BCUT2D eigenvalue weighted by molar-refractivity contribution is 0.0746. The maximum atomic E-state index is 12.6. The molecule has 3 rings (SSSR count). The van der Waals surface area contributed by atoms with Crippen LogP contribution in [0.25, 0.3) is 0 Å². The molecule has 0 bridgehead atoms. The van der Waals surface area contributed by atoms with Gasteiger partial charge in [-0.05, 0) is 36.8 Å². The zero-order valence-corrected chi connectivity index (χ0v) is 14.3. The van der Waals surface area contributed by atoms with E-state index >= 15 is 0 Å². The number of piperazine rings is 1. The molecular weight excluding hydrogens is 333 g/mol. The van der Waals surface area contributed by atoms with E-state index in [1.807, 2.05) is 4.90 Å². The van der Waals surface area contributed by atoms with E-state index in [4.69, 9.17) is 23.2 Å². The van der Waals surface area contributed by atoms with E-state index in [1.54, 1.807) is 12.1 Å². The molecule has 0 N–H and O–H groups in total. The van der Waals surface area contributed by atoms with Crippen molar-refractivity contribution < 1.29 is 4.79 Å². The molecule has 0 radical (unpaired) electrons. The van der Waals surface area contributed by atoms with E-state index in [2.05, 4.69) is 41.1 Å². The van der Waals surface area contributed by atoms with Crippen molar-refractivity contribution in [2.75, 3.05) is 31.1 Å². The lowest BCUT2D eigenvalue weighted by Gasteiger charge is -2.36. The van der Waals surface area contributed by atoms with E-state index < -0.39 is 0 Å². The van der Waals surface area contributed by atoms with Gasteiger partial charge in [-0.2, -0.15) is 0 Å². The fourth-order valence-electron chi connectivity index (χ4n) is 2.76. The number of halogens is 2. The number of pyridine rings is 1. The lowest BCUT2D eigenvalue weighted by Crippen LogP contribution is -2.48. The summed E-state index contributed by atoms with van der Waals surface area (Å²) in [4.78, 5) is 20.6. The highest BCUT2D eigenvalue weighted by molar-refractivity contribution is 6.33. The first-order valence-corrected chi connectivity index (χ1v) is 8.22. The molecule has 0 spiro atoms. The Hall–Kier alpha value is -1.78. The third kappa shape index (κ3) is 3.77. The van der Waals surface area contributed by atoms with Crippen LogP contribution in [0.1, 0.15) is 15.9 Å². The fourth-order valence-corrected chi connectivity index (χ4v) is 3.22. The minimum absolute atomic E-state index is 0.0555. The van der Waals surface area contributed by atoms with Gasteiger partial charge in [-0.25, -0.2) is 4.98 Å². The number of carbonyl (C=O) groups excluding carboxylic acids is 1. The SMILES string of the molecule is Cc1cccc(N2CCN(C(=O)c3cc(Cl)nc(Cl)c3)CC2)c1. The summed E-state index contributed by atoms with van der Waals surface area (Å²) < 4.78 is 0. The maximum Gasteiger partial charge on any atom is 0.254 e. The second-order valence-corrected chi connectivity index (χ2v) is 6.39.